The number of esters is 1. The van der Waals surface area contributed by atoms with Gasteiger partial charge in [-0.25, -0.2) is 9.78 Å². The molecule has 0 aliphatic rings. The third-order valence-electron chi connectivity index (χ3n) is 1.68. The van der Waals surface area contributed by atoms with Gasteiger partial charge in [-0.15, -0.1) is 0 Å². The van der Waals surface area contributed by atoms with E-state index in [1.165, 1.54) is 7.11 Å². The highest BCUT2D eigenvalue weighted by Crippen LogP contribution is 2.10. The fraction of sp³-hybridized carbons (Fsp3) is 0.333. The highest BCUT2D eigenvalue weighted by molar-refractivity contribution is 5.86. The quantitative estimate of drug-likeness (QED) is 0.643. The molecule has 0 bridgehead atoms. The molecule has 1 aromatic rings. The molecule has 1 heterocycles. The second kappa shape index (κ2) is 3.43. The topological polar surface area (TPSA) is 44.1 Å². The number of carbonyl (C=O) groups is 1. The molecule has 0 unspecified atom stereocenters. The molecule has 4 heteroatoms. The van der Waals surface area contributed by atoms with Crippen LogP contribution in [0.5, 0.6) is 0 Å². The monoisotopic (exact) mass is 180 g/mol. The van der Waals surface area contributed by atoms with Crippen LogP contribution in [0.15, 0.2) is 12.8 Å². The van der Waals surface area contributed by atoms with Crippen LogP contribution in [0.2, 0.25) is 0 Å². The van der Waals surface area contributed by atoms with Gasteiger partial charge in [0.15, 0.2) is 0 Å². The Labute approximate surface area is 76.8 Å². The molecule has 0 amide bonds. The second-order valence-electron chi connectivity index (χ2n) is 2.83. The van der Waals surface area contributed by atoms with E-state index in [-0.39, 0.29) is 0 Å². The van der Waals surface area contributed by atoms with E-state index >= 15 is 0 Å². The van der Waals surface area contributed by atoms with Crippen molar-refractivity contribution in [3.63, 3.8) is 0 Å². The van der Waals surface area contributed by atoms with Crippen LogP contribution in [0.3, 0.4) is 0 Å². The summed E-state index contributed by atoms with van der Waals surface area (Å²) in [7, 11) is 3.07. The maximum atomic E-state index is 11.1. The Morgan fingerprint density at radius 3 is 2.69 bits per heavy atom. The summed E-state index contributed by atoms with van der Waals surface area (Å²) < 4.78 is 6.18. The molecule has 0 aromatic carbocycles. The Hall–Kier alpha value is -1.58. The molecule has 4 nitrogen and oxygen atoms in total. The van der Waals surface area contributed by atoms with E-state index in [9.17, 15) is 4.79 Å². The molecule has 1 aromatic heterocycles. The third kappa shape index (κ3) is 1.77. The van der Waals surface area contributed by atoms with Crippen molar-refractivity contribution in [2.75, 3.05) is 7.11 Å². The van der Waals surface area contributed by atoms with E-state index in [0.717, 1.165) is 5.57 Å². The summed E-state index contributed by atoms with van der Waals surface area (Å²) in [5.41, 5.74) is 1.54. The zero-order valence-electron chi connectivity index (χ0n) is 8.00. The van der Waals surface area contributed by atoms with Gasteiger partial charge in [-0.3, -0.25) is 0 Å². The van der Waals surface area contributed by atoms with Crippen molar-refractivity contribution in [2.24, 2.45) is 7.05 Å². The lowest BCUT2D eigenvalue weighted by Crippen LogP contribution is -2.08. The van der Waals surface area contributed by atoms with Gasteiger partial charge >= 0.3 is 5.97 Å². The Kier molecular flexibility index (Phi) is 2.51. The molecule has 70 valence electrons. The normalized spacial score (nSPS) is 9.77. The van der Waals surface area contributed by atoms with Crippen LogP contribution in [-0.2, 0) is 11.8 Å². The molecule has 0 radical (unpaired) electrons. The fourth-order valence-electron chi connectivity index (χ4n) is 0.953. The highest BCUT2D eigenvalue weighted by Gasteiger charge is 2.13. The van der Waals surface area contributed by atoms with E-state index in [1.54, 1.807) is 17.8 Å². The first-order valence-corrected chi connectivity index (χ1v) is 3.83. The number of aryl methyl sites for hydroxylation is 1. The van der Waals surface area contributed by atoms with Gasteiger partial charge < -0.3 is 9.30 Å². The van der Waals surface area contributed by atoms with Crippen LogP contribution in [-0.4, -0.2) is 22.6 Å². The average molecular weight is 180 g/mol. The van der Waals surface area contributed by atoms with Crippen molar-refractivity contribution in [3.05, 3.63) is 24.3 Å². The summed E-state index contributed by atoms with van der Waals surface area (Å²) in [6.07, 6.45) is 1.74. The van der Waals surface area contributed by atoms with E-state index in [0.29, 0.717) is 11.5 Å². The molecule has 0 fully saturated rings. The number of hydrogen-bond acceptors (Lipinski definition) is 3. The predicted octanol–water partition coefficient (Wildman–Crippen LogP) is 1.24. The van der Waals surface area contributed by atoms with Gasteiger partial charge in [0.05, 0.1) is 12.8 Å². The number of hydrogen-bond donors (Lipinski definition) is 0. The Balaban J connectivity index is 3.10. The average Bonchev–Trinajstić information content (AvgIpc) is 2.46. The van der Waals surface area contributed by atoms with E-state index < -0.39 is 5.97 Å². The number of methoxy groups -OCH3 is 1. The number of nitrogens with zero attached hydrogens (tertiary/aromatic N) is 2. The number of carbonyl (C=O) groups excluding carboxylic acids is 1. The summed E-state index contributed by atoms with van der Waals surface area (Å²) in [5.74, 6) is -0.143. The smallest absolute Gasteiger partial charge is 0.374 e. The molecule has 1 rings (SSSR count). The summed E-state index contributed by atoms with van der Waals surface area (Å²) >= 11 is 0. The van der Waals surface area contributed by atoms with Crippen LogP contribution in [0, 0.1) is 0 Å². The molecular weight excluding hydrogens is 168 g/mol. The van der Waals surface area contributed by atoms with Crippen molar-refractivity contribution in [3.8, 4) is 0 Å². The van der Waals surface area contributed by atoms with Crippen molar-refractivity contribution < 1.29 is 9.53 Å². The van der Waals surface area contributed by atoms with Gasteiger partial charge in [0, 0.05) is 13.2 Å². The molecular formula is C9H12N2O2. The minimum atomic E-state index is -0.435. The number of aromatic nitrogens is 2. The number of imidazole rings is 1. The van der Waals surface area contributed by atoms with Crippen LogP contribution >= 0.6 is 0 Å². The standard InChI is InChI=1S/C9H12N2O2/c1-6(2)7-5-11(3)8(10-7)9(12)13-4/h5H,1H2,2-4H3. The SMILES string of the molecule is C=C(C)c1cn(C)c(C(=O)OC)n1. The molecule has 0 N–H and O–H groups in total. The Morgan fingerprint density at radius 2 is 2.31 bits per heavy atom. The lowest BCUT2D eigenvalue weighted by molar-refractivity contribution is 0.0583. The largest absolute Gasteiger partial charge is 0.463 e. The van der Waals surface area contributed by atoms with Gasteiger partial charge in [0.1, 0.15) is 0 Å². The first-order valence-electron chi connectivity index (χ1n) is 3.83. The maximum absolute atomic E-state index is 11.1. The van der Waals surface area contributed by atoms with E-state index in [1.807, 2.05) is 6.92 Å². The molecule has 0 atom stereocenters. The first kappa shape index (κ1) is 9.51. The van der Waals surface area contributed by atoms with Crippen LogP contribution in [0.25, 0.3) is 5.57 Å². The summed E-state index contributed by atoms with van der Waals surface area (Å²) in [4.78, 5) is 15.2. The number of allylic oxidation sites excluding steroid dienone is 1. The zero-order valence-corrected chi connectivity index (χ0v) is 8.00. The molecule has 0 aliphatic heterocycles. The summed E-state index contributed by atoms with van der Waals surface area (Å²) in [6, 6.07) is 0. The Bertz CT molecular complexity index is 352. The second-order valence-corrected chi connectivity index (χ2v) is 2.83. The minimum absolute atomic E-state index is 0.292. The van der Waals surface area contributed by atoms with Gasteiger partial charge in [-0.2, -0.15) is 0 Å². The molecule has 0 saturated heterocycles. The third-order valence-corrected chi connectivity index (χ3v) is 1.68. The number of rotatable bonds is 2. The molecule has 13 heavy (non-hydrogen) atoms. The maximum Gasteiger partial charge on any atom is 0.374 e. The van der Waals surface area contributed by atoms with Gasteiger partial charge in [0.2, 0.25) is 5.82 Å². The minimum Gasteiger partial charge on any atom is -0.463 e. The molecule has 0 saturated carbocycles. The lowest BCUT2D eigenvalue weighted by atomic mass is 10.3. The van der Waals surface area contributed by atoms with E-state index in [4.69, 9.17) is 0 Å². The fourth-order valence-corrected chi connectivity index (χ4v) is 0.953. The summed E-state index contributed by atoms with van der Waals surface area (Å²) in [5, 5.41) is 0. The van der Waals surface area contributed by atoms with Crippen molar-refractivity contribution in [1.29, 1.82) is 0 Å². The highest BCUT2D eigenvalue weighted by atomic mass is 16.5. The lowest BCUT2D eigenvalue weighted by Gasteiger charge is -1.96. The zero-order chi connectivity index (χ0) is 10.0. The summed E-state index contributed by atoms with van der Waals surface area (Å²) in [6.45, 7) is 5.57. The van der Waals surface area contributed by atoms with E-state index in [2.05, 4.69) is 16.3 Å². The predicted molar refractivity (Wildman–Crippen MR) is 49.3 cm³/mol. The van der Waals surface area contributed by atoms with Crippen molar-refractivity contribution >= 4 is 11.5 Å². The van der Waals surface area contributed by atoms with Gasteiger partial charge in [-0.1, -0.05) is 6.58 Å². The van der Waals surface area contributed by atoms with Crippen molar-refractivity contribution in [2.45, 2.75) is 6.92 Å². The number of ether oxygens (including phenoxy) is 1. The van der Waals surface area contributed by atoms with Crippen LogP contribution < -0.4 is 0 Å². The molecule has 0 spiro atoms. The molecule has 0 aliphatic carbocycles. The van der Waals surface area contributed by atoms with Crippen molar-refractivity contribution in [1.82, 2.24) is 9.55 Å². The van der Waals surface area contributed by atoms with Gasteiger partial charge in [-0.05, 0) is 12.5 Å². The first-order chi connectivity index (χ1) is 6.06. The Morgan fingerprint density at radius 1 is 1.69 bits per heavy atom. The van der Waals surface area contributed by atoms with Crippen LogP contribution in [0.4, 0.5) is 0 Å². The van der Waals surface area contributed by atoms with Crippen LogP contribution in [0.1, 0.15) is 23.2 Å². The van der Waals surface area contributed by atoms with Gasteiger partial charge in [0.25, 0.3) is 0 Å².